The maximum Gasteiger partial charge on any atom is 0.298 e. The van der Waals surface area contributed by atoms with Gasteiger partial charge in [0.1, 0.15) is 11.3 Å². The number of morpholine rings is 1. The summed E-state index contributed by atoms with van der Waals surface area (Å²) in [7, 11) is 0. The van der Waals surface area contributed by atoms with Crippen LogP contribution in [0.25, 0.3) is 22.0 Å². The third kappa shape index (κ3) is 12.9. The van der Waals surface area contributed by atoms with Gasteiger partial charge in [-0.1, -0.05) is 0 Å². The molecule has 16 heteroatoms. The molecule has 57 heavy (non-hydrogen) atoms. The van der Waals surface area contributed by atoms with Crippen molar-refractivity contribution < 1.29 is 56.2 Å². The minimum Gasteiger partial charge on any atom is -0.423 e. The van der Waals surface area contributed by atoms with Gasteiger partial charge in [-0.05, 0) is 43.3 Å². The molecule has 15 nitrogen and oxygen atoms in total. The molecule has 314 valence electrons. The minimum absolute atomic E-state index is 0.122. The van der Waals surface area contributed by atoms with Crippen LogP contribution in [0.2, 0.25) is 0 Å². The van der Waals surface area contributed by atoms with Crippen LogP contribution < -0.4 is 9.80 Å². The van der Waals surface area contributed by atoms with Crippen molar-refractivity contribution in [1.29, 1.82) is 0 Å². The van der Waals surface area contributed by atoms with Gasteiger partial charge in [0, 0.05) is 61.5 Å². The summed E-state index contributed by atoms with van der Waals surface area (Å²) in [6, 6.07) is 11.3. The molecule has 1 saturated heterocycles. The highest BCUT2D eigenvalue weighted by atomic mass is 19.1. The summed E-state index contributed by atoms with van der Waals surface area (Å²) in [6.45, 7) is 13.7. The fourth-order valence-corrected chi connectivity index (χ4v) is 6.78. The standard InChI is InChI=1S/C41H57FN4O11/c1-2-48-15-16-51-19-20-53-23-24-55-27-28-56-26-25-54-22-21-52-18-17-49-12-8-40(47)46-37-7-9-45(31-35(37)34-5-3-32(42)29-38(34)46)33-4-6-39-36(30-33)43-41(57-39)44-10-13-50-14-11-44/h3-6,29-30H,2,7-28,31H2,1H3. The molecule has 0 amide bonds. The molecule has 0 atom stereocenters. The second-order valence-corrected chi connectivity index (χ2v) is 13.5. The van der Waals surface area contributed by atoms with Crippen LogP contribution >= 0.6 is 0 Å². The molecule has 0 N–H and O–H groups in total. The lowest BCUT2D eigenvalue weighted by atomic mass is 10.0. The Balaban J connectivity index is 0.833. The Morgan fingerprint density at radius 3 is 1.88 bits per heavy atom. The molecular weight excluding hydrogens is 743 g/mol. The molecule has 1 fully saturated rings. The zero-order valence-electron chi connectivity index (χ0n) is 33.1. The molecule has 4 heterocycles. The summed E-state index contributed by atoms with van der Waals surface area (Å²) >= 11 is 0. The number of aromatic nitrogens is 2. The number of oxazole rings is 1. The van der Waals surface area contributed by atoms with E-state index in [4.69, 9.17) is 52.0 Å². The normalized spacial score (nSPS) is 14.6. The van der Waals surface area contributed by atoms with Gasteiger partial charge in [-0.2, -0.15) is 4.98 Å². The second kappa shape index (κ2) is 23.6. The first-order valence-corrected chi connectivity index (χ1v) is 20.1. The summed E-state index contributed by atoms with van der Waals surface area (Å²) in [5.41, 5.74) is 5.08. The van der Waals surface area contributed by atoms with E-state index in [-0.39, 0.29) is 24.8 Å². The quantitative estimate of drug-likeness (QED) is 0.0783. The van der Waals surface area contributed by atoms with Gasteiger partial charge in [0.05, 0.1) is 124 Å². The zero-order chi connectivity index (χ0) is 39.5. The largest absolute Gasteiger partial charge is 0.423 e. The first kappa shape index (κ1) is 42.9. The van der Waals surface area contributed by atoms with Gasteiger partial charge in [0.25, 0.3) is 6.01 Å². The summed E-state index contributed by atoms with van der Waals surface area (Å²) in [5.74, 6) is -0.502. The van der Waals surface area contributed by atoms with Crippen molar-refractivity contribution in [2.24, 2.45) is 0 Å². The number of carbonyl (C=O) groups is 1. The van der Waals surface area contributed by atoms with Crippen molar-refractivity contribution in [3.8, 4) is 0 Å². The monoisotopic (exact) mass is 800 g/mol. The number of carbonyl (C=O) groups excluding carboxylic acids is 1. The highest BCUT2D eigenvalue weighted by Crippen LogP contribution is 2.35. The van der Waals surface area contributed by atoms with Gasteiger partial charge in [-0.15, -0.1) is 0 Å². The van der Waals surface area contributed by atoms with Gasteiger partial charge in [-0.25, -0.2) is 4.39 Å². The average Bonchev–Trinajstić information content (AvgIpc) is 3.81. The predicted octanol–water partition coefficient (Wildman–Crippen LogP) is 4.50. The summed E-state index contributed by atoms with van der Waals surface area (Å²) in [5, 5.41) is 0.877. The Bertz CT molecular complexity index is 1800. The molecule has 4 aromatic rings. The highest BCUT2D eigenvalue weighted by molar-refractivity contribution is 5.96. The topological polar surface area (TPSA) is 138 Å². The van der Waals surface area contributed by atoms with Gasteiger partial charge < -0.3 is 56.8 Å². The van der Waals surface area contributed by atoms with E-state index in [1.165, 1.54) is 12.1 Å². The number of hydrogen-bond donors (Lipinski definition) is 0. The maximum absolute atomic E-state index is 14.5. The van der Waals surface area contributed by atoms with Crippen molar-refractivity contribution in [3.05, 3.63) is 53.5 Å². The lowest BCUT2D eigenvalue weighted by Gasteiger charge is -2.30. The predicted molar refractivity (Wildman–Crippen MR) is 211 cm³/mol. The number of anilines is 2. The highest BCUT2D eigenvalue weighted by Gasteiger charge is 2.28. The molecule has 0 unspecified atom stereocenters. The van der Waals surface area contributed by atoms with Crippen molar-refractivity contribution in [2.45, 2.75) is 26.3 Å². The smallest absolute Gasteiger partial charge is 0.298 e. The third-order valence-corrected chi connectivity index (χ3v) is 9.64. The molecule has 0 spiro atoms. The van der Waals surface area contributed by atoms with E-state index in [1.807, 2.05) is 25.1 Å². The average molecular weight is 801 g/mol. The Morgan fingerprint density at radius 2 is 1.28 bits per heavy atom. The van der Waals surface area contributed by atoms with Crippen LogP contribution in [-0.2, 0) is 55.6 Å². The van der Waals surface area contributed by atoms with Crippen LogP contribution in [0.15, 0.2) is 40.8 Å². The number of benzene rings is 2. The Labute approximate surface area is 333 Å². The Morgan fingerprint density at radius 1 is 0.702 bits per heavy atom. The molecule has 2 aromatic heterocycles. The molecule has 6 rings (SSSR count). The maximum atomic E-state index is 14.5. The molecule has 2 aliphatic heterocycles. The van der Waals surface area contributed by atoms with E-state index in [2.05, 4.69) is 9.80 Å². The Kier molecular flexibility index (Phi) is 17.8. The number of rotatable bonds is 27. The van der Waals surface area contributed by atoms with E-state index in [0.717, 1.165) is 46.5 Å². The second-order valence-electron chi connectivity index (χ2n) is 13.5. The number of hydrogen-bond acceptors (Lipinski definition) is 14. The summed E-state index contributed by atoms with van der Waals surface area (Å²) in [6.07, 6.45) is 0.798. The van der Waals surface area contributed by atoms with Crippen molar-refractivity contribution in [3.63, 3.8) is 0 Å². The van der Waals surface area contributed by atoms with E-state index in [1.54, 1.807) is 10.6 Å². The molecular formula is C41H57FN4O11. The lowest BCUT2D eigenvalue weighted by molar-refractivity contribution is -0.0228. The van der Waals surface area contributed by atoms with E-state index in [9.17, 15) is 9.18 Å². The van der Waals surface area contributed by atoms with E-state index < -0.39 is 0 Å². The first-order chi connectivity index (χ1) is 28.1. The number of halogens is 1. The molecule has 0 bridgehead atoms. The van der Waals surface area contributed by atoms with Crippen LogP contribution in [0.3, 0.4) is 0 Å². The number of ether oxygens (including phenoxy) is 9. The van der Waals surface area contributed by atoms with Crippen LogP contribution in [-0.4, -0.2) is 154 Å². The van der Waals surface area contributed by atoms with Gasteiger partial charge in [0.15, 0.2) is 5.58 Å². The van der Waals surface area contributed by atoms with Crippen LogP contribution in [0.1, 0.15) is 29.4 Å². The van der Waals surface area contributed by atoms with Crippen molar-refractivity contribution in [1.82, 2.24) is 9.55 Å². The zero-order valence-corrected chi connectivity index (χ0v) is 33.1. The summed E-state index contributed by atoms with van der Waals surface area (Å²) in [4.78, 5) is 22.7. The SMILES string of the molecule is CCOCCOCCOCCOCCOCCOCCOCCOCCC(=O)n1c2c(c3ccc(F)cc31)CN(c1ccc3oc(N4CCOCC4)nc3c1)CC2. The Hall–Kier alpha value is -3.71. The van der Waals surface area contributed by atoms with Crippen LogP contribution in [0.5, 0.6) is 0 Å². The van der Waals surface area contributed by atoms with Gasteiger partial charge in [-0.3, -0.25) is 9.36 Å². The molecule has 0 radical (unpaired) electrons. The molecule has 2 aromatic carbocycles. The molecule has 0 aliphatic carbocycles. The fourth-order valence-electron chi connectivity index (χ4n) is 6.78. The molecule has 0 saturated carbocycles. The lowest BCUT2D eigenvalue weighted by Crippen LogP contribution is -2.36. The van der Waals surface area contributed by atoms with Gasteiger partial charge >= 0.3 is 0 Å². The van der Waals surface area contributed by atoms with Crippen molar-refractivity contribution >= 4 is 39.6 Å². The first-order valence-electron chi connectivity index (χ1n) is 20.1. The third-order valence-electron chi connectivity index (χ3n) is 9.64. The molecule has 2 aliphatic rings. The fraction of sp³-hybridized carbons (Fsp3) is 0.610. The van der Waals surface area contributed by atoms with E-state index >= 15 is 0 Å². The number of fused-ring (bicyclic) bond motifs is 4. The minimum atomic E-state index is -0.379. The van der Waals surface area contributed by atoms with Crippen LogP contribution in [0, 0.1) is 5.82 Å². The van der Waals surface area contributed by atoms with Gasteiger partial charge in [0.2, 0.25) is 5.91 Å². The number of nitrogens with zero attached hydrogens (tertiary/aromatic N) is 4. The summed E-state index contributed by atoms with van der Waals surface area (Å²) < 4.78 is 71.6. The van der Waals surface area contributed by atoms with E-state index in [0.29, 0.717) is 143 Å². The van der Waals surface area contributed by atoms with Crippen molar-refractivity contribution in [2.75, 3.05) is 148 Å². The van der Waals surface area contributed by atoms with Crippen LogP contribution in [0.4, 0.5) is 16.1 Å².